The van der Waals surface area contributed by atoms with Crippen molar-refractivity contribution in [3.8, 4) is 0 Å². The fourth-order valence-electron chi connectivity index (χ4n) is 2.31. The van der Waals surface area contributed by atoms with Gasteiger partial charge < -0.3 is 15.2 Å². The molecule has 0 aliphatic heterocycles. The molecule has 1 aromatic heterocycles. The van der Waals surface area contributed by atoms with E-state index in [1.165, 1.54) is 4.90 Å². The van der Waals surface area contributed by atoms with E-state index < -0.39 is 0 Å². The molecule has 23 heavy (non-hydrogen) atoms. The molecule has 2 rings (SSSR count). The van der Waals surface area contributed by atoms with Gasteiger partial charge in [-0.3, -0.25) is 9.59 Å². The Hall–Kier alpha value is -2.40. The number of amides is 1. The normalized spacial score (nSPS) is 10.7. The monoisotopic (exact) mass is 314 g/mol. The van der Waals surface area contributed by atoms with E-state index in [-0.39, 0.29) is 11.7 Å². The van der Waals surface area contributed by atoms with Crippen molar-refractivity contribution in [2.45, 2.75) is 12.8 Å². The lowest BCUT2D eigenvalue weighted by Gasteiger charge is -2.07. The van der Waals surface area contributed by atoms with Gasteiger partial charge in [0.05, 0.1) is 20.6 Å². The SMILES string of the molecule is C[NH+](C)CCCNC(=O)c1cc(C(=O)Cc2ccccc2)c[nH]1. The van der Waals surface area contributed by atoms with Crippen molar-refractivity contribution < 1.29 is 14.5 Å². The highest BCUT2D eigenvalue weighted by Gasteiger charge is 2.13. The third-order valence-electron chi connectivity index (χ3n) is 3.60. The van der Waals surface area contributed by atoms with E-state index in [0.29, 0.717) is 24.2 Å². The van der Waals surface area contributed by atoms with Crippen LogP contribution in [0.1, 0.15) is 32.8 Å². The quantitative estimate of drug-likeness (QED) is 0.496. The highest BCUT2D eigenvalue weighted by atomic mass is 16.2. The van der Waals surface area contributed by atoms with Crippen LogP contribution in [0.3, 0.4) is 0 Å². The smallest absolute Gasteiger partial charge is 0.267 e. The van der Waals surface area contributed by atoms with Crippen LogP contribution in [-0.4, -0.2) is 43.9 Å². The number of carbonyl (C=O) groups is 2. The lowest BCUT2D eigenvalue weighted by molar-refractivity contribution is -0.858. The van der Waals surface area contributed by atoms with E-state index in [2.05, 4.69) is 24.4 Å². The third kappa shape index (κ3) is 5.38. The minimum absolute atomic E-state index is 0.00251. The predicted octanol–water partition coefficient (Wildman–Crippen LogP) is 0.705. The Morgan fingerprint density at radius 2 is 1.91 bits per heavy atom. The van der Waals surface area contributed by atoms with Crippen LogP contribution in [0.5, 0.6) is 0 Å². The molecule has 0 unspecified atom stereocenters. The van der Waals surface area contributed by atoms with Gasteiger partial charge in [-0.15, -0.1) is 0 Å². The van der Waals surface area contributed by atoms with Crippen LogP contribution < -0.4 is 10.2 Å². The van der Waals surface area contributed by atoms with Crippen LogP contribution >= 0.6 is 0 Å². The molecule has 0 aliphatic carbocycles. The number of benzene rings is 1. The molecule has 5 nitrogen and oxygen atoms in total. The first-order valence-electron chi connectivity index (χ1n) is 7.89. The molecule has 122 valence electrons. The van der Waals surface area contributed by atoms with Crippen molar-refractivity contribution in [3.63, 3.8) is 0 Å². The zero-order chi connectivity index (χ0) is 16.7. The first-order chi connectivity index (χ1) is 11.1. The Morgan fingerprint density at radius 1 is 1.17 bits per heavy atom. The van der Waals surface area contributed by atoms with Gasteiger partial charge in [-0.2, -0.15) is 0 Å². The molecular formula is C18H24N3O2+. The van der Waals surface area contributed by atoms with Crippen molar-refractivity contribution in [1.82, 2.24) is 10.3 Å². The fourth-order valence-corrected chi connectivity index (χ4v) is 2.31. The molecule has 1 heterocycles. The molecule has 5 heteroatoms. The highest BCUT2D eigenvalue weighted by Crippen LogP contribution is 2.09. The third-order valence-corrected chi connectivity index (χ3v) is 3.60. The Kier molecular flexibility index (Phi) is 6.11. The summed E-state index contributed by atoms with van der Waals surface area (Å²) in [5.74, 6) is -0.166. The fraction of sp³-hybridized carbons (Fsp3) is 0.333. The summed E-state index contributed by atoms with van der Waals surface area (Å²) in [6.07, 6.45) is 2.87. The zero-order valence-corrected chi connectivity index (χ0v) is 13.7. The van der Waals surface area contributed by atoms with Crippen LogP contribution in [0.25, 0.3) is 0 Å². The molecule has 0 aliphatic rings. The van der Waals surface area contributed by atoms with Gasteiger partial charge in [0.1, 0.15) is 5.69 Å². The van der Waals surface area contributed by atoms with E-state index in [0.717, 1.165) is 18.5 Å². The first kappa shape index (κ1) is 17.0. The molecule has 1 amide bonds. The summed E-state index contributed by atoms with van der Waals surface area (Å²) < 4.78 is 0. The van der Waals surface area contributed by atoms with Crippen molar-refractivity contribution in [2.75, 3.05) is 27.2 Å². The number of Topliss-reactive ketones (excluding diaryl/α,β-unsaturated/α-hetero) is 1. The number of nitrogens with one attached hydrogen (secondary N) is 3. The molecular weight excluding hydrogens is 290 g/mol. The summed E-state index contributed by atoms with van der Waals surface area (Å²) in [5.41, 5.74) is 1.94. The number of carbonyl (C=O) groups excluding carboxylic acids is 2. The van der Waals surface area contributed by atoms with Gasteiger partial charge in [-0.1, -0.05) is 30.3 Å². The van der Waals surface area contributed by atoms with Crippen LogP contribution in [0, 0.1) is 0 Å². The summed E-state index contributed by atoms with van der Waals surface area (Å²) in [5, 5.41) is 2.86. The van der Waals surface area contributed by atoms with E-state index in [4.69, 9.17) is 0 Å². The molecule has 1 aromatic carbocycles. The molecule has 0 bridgehead atoms. The molecule has 0 fully saturated rings. The average Bonchev–Trinajstić information content (AvgIpc) is 3.02. The van der Waals surface area contributed by atoms with E-state index in [9.17, 15) is 9.59 Å². The Labute approximate surface area is 136 Å². The van der Waals surface area contributed by atoms with Gasteiger partial charge in [-0.25, -0.2) is 0 Å². The van der Waals surface area contributed by atoms with Crippen LogP contribution in [0.15, 0.2) is 42.6 Å². The van der Waals surface area contributed by atoms with Gasteiger partial charge in [0, 0.05) is 31.1 Å². The second-order valence-corrected chi connectivity index (χ2v) is 5.95. The predicted molar refractivity (Wildman–Crippen MR) is 89.9 cm³/mol. The minimum Gasteiger partial charge on any atom is -0.356 e. The number of rotatable bonds is 8. The molecule has 0 saturated carbocycles. The number of ketones is 1. The molecule has 3 N–H and O–H groups in total. The zero-order valence-electron chi connectivity index (χ0n) is 13.7. The van der Waals surface area contributed by atoms with Crippen molar-refractivity contribution >= 4 is 11.7 Å². The molecule has 0 spiro atoms. The van der Waals surface area contributed by atoms with Gasteiger partial charge in [0.15, 0.2) is 5.78 Å². The topological polar surface area (TPSA) is 66.4 Å². The van der Waals surface area contributed by atoms with E-state index in [1.54, 1.807) is 12.3 Å². The first-order valence-corrected chi connectivity index (χ1v) is 7.89. The maximum absolute atomic E-state index is 12.2. The van der Waals surface area contributed by atoms with Crippen LogP contribution in [-0.2, 0) is 6.42 Å². The van der Waals surface area contributed by atoms with Crippen LogP contribution in [0.4, 0.5) is 0 Å². The maximum atomic E-state index is 12.2. The van der Waals surface area contributed by atoms with E-state index >= 15 is 0 Å². The maximum Gasteiger partial charge on any atom is 0.267 e. The molecule has 2 aromatic rings. The molecule has 0 saturated heterocycles. The number of quaternary nitrogens is 1. The lowest BCUT2D eigenvalue weighted by atomic mass is 10.1. The van der Waals surface area contributed by atoms with Gasteiger partial charge in [0.25, 0.3) is 5.91 Å². The van der Waals surface area contributed by atoms with Crippen LogP contribution in [0.2, 0.25) is 0 Å². The van der Waals surface area contributed by atoms with Gasteiger partial charge in [-0.05, 0) is 11.6 Å². The summed E-state index contributed by atoms with van der Waals surface area (Å²) in [7, 11) is 4.16. The van der Waals surface area contributed by atoms with Crippen molar-refractivity contribution in [3.05, 3.63) is 59.4 Å². The van der Waals surface area contributed by atoms with Crippen molar-refractivity contribution in [1.29, 1.82) is 0 Å². The summed E-state index contributed by atoms with van der Waals surface area (Å²) in [4.78, 5) is 28.5. The number of aromatic amines is 1. The Balaban J connectivity index is 1.87. The largest absolute Gasteiger partial charge is 0.356 e. The number of H-pyrrole nitrogens is 1. The van der Waals surface area contributed by atoms with Crippen molar-refractivity contribution in [2.24, 2.45) is 0 Å². The second kappa shape index (κ2) is 8.29. The molecule has 0 radical (unpaired) electrons. The van der Waals surface area contributed by atoms with Gasteiger partial charge >= 0.3 is 0 Å². The Bertz CT molecular complexity index is 647. The minimum atomic E-state index is -0.169. The number of aromatic nitrogens is 1. The molecule has 0 atom stereocenters. The Morgan fingerprint density at radius 3 is 2.61 bits per heavy atom. The summed E-state index contributed by atoms with van der Waals surface area (Å²) in [6, 6.07) is 11.2. The average molecular weight is 314 g/mol. The lowest BCUT2D eigenvalue weighted by Crippen LogP contribution is -3.05. The second-order valence-electron chi connectivity index (χ2n) is 5.95. The highest BCUT2D eigenvalue weighted by molar-refractivity contribution is 6.01. The standard InChI is InChI=1S/C18H23N3O2/c1-21(2)10-6-9-19-18(23)16-12-15(13-20-16)17(22)11-14-7-4-3-5-8-14/h3-5,7-8,12-13,20H,6,9-11H2,1-2H3,(H,19,23)/p+1. The summed E-state index contributed by atoms with van der Waals surface area (Å²) >= 11 is 0. The van der Waals surface area contributed by atoms with E-state index in [1.807, 2.05) is 30.3 Å². The number of hydrogen-bond donors (Lipinski definition) is 3. The van der Waals surface area contributed by atoms with Gasteiger partial charge in [0.2, 0.25) is 0 Å². The summed E-state index contributed by atoms with van der Waals surface area (Å²) in [6.45, 7) is 1.64. The number of hydrogen-bond acceptors (Lipinski definition) is 2.